The Labute approximate surface area is 119 Å². The van der Waals surface area contributed by atoms with E-state index >= 15 is 0 Å². The molecule has 0 atom stereocenters. The van der Waals surface area contributed by atoms with E-state index < -0.39 is 41.9 Å². The highest BCUT2D eigenvalue weighted by Crippen LogP contribution is 2.62. The molecule has 0 aromatic carbocycles. The molecule has 24 heavy (non-hydrogen) atoms. The minimum absolute atomic E-state index is 0.898. The largest absolute Gasteiger partial charge is 0.460 e. The molecule has 0 rings (SSSR count). The van der Waals surface area contributed by atoms with Crippen LogP contribution in [0.4, 0.5) is 70.4 Å². The standard InChI is InChI=1S/C7F16O/c8-1(9,2(10,11)4(14,15)6(18,19)20)3(12,13)5(16,17)7(21,22)24-23. The normalized spacial score (nSPS) is 16.5. The molecule has 0 unspecified atom stereocenters. The fraction of sp³-hybridized carbons (Fsp3) is 1.00. The lowest BCUT2D eigenvalue weighted by molar-refractivity contribution is -0.495. The summed E-state index contributed by atoms with van der Waals surface area (Å²) in [5.74, 6) is -41.1. The van der Waals surface area contributed by atoms with Crippen LogP contribution in [-0.4, -0.2) is 41.9 Å². The zero-order valence-electron chi connectivity index (χ0n) is 9.96. The summed E-state index contributed by atoms with van der Waals surface area (Å²) in [5.41, 5.74) is 0. The van der Waals surface area contributed by atoms with Crippen LogP contribution in [0.2, 0.25) is 0 Å². The molecule has 0 heterocycles. The van der Waals surface area contributed by atoms with Crippen molar-refractivity contribution in [1.29, 1.82) is 0 Å². The molecule has 0 saturated heterocycles. The maximum Gasteiger partial charge on any atom is 0.460 e. The second-order valence-corrected chi connectivity index (χ2v) is 3.96. The van der Waals surface area contributed by atoms with Gasteiger partial charge in [0.2, 0.25) is 0 Å². The van der Waals surface area contributed by atoms with Crippen molar-refractivity contribution in [3.05, 3.63) is 0 Å². The van der Waals surface area contributed by atoms with Crippen molar-refractivity contribution in [2.24, 2.45) is 0 Å². The van der Waals surface area contributed by atoms with Gasteiger partial charge < -0.3 is 0 Å². The minimum Gasteiger partial charge on any atom is -0.192 e. The maximum atomic E-state index is 12.7. The number of hydrogen-bond donors (Lipinski definition) is 0. The van der Waals surface area contributed by atoms with Gasteiger partial charge >= 0.3 is 41.9 Å². The lowest BCUT2D eigenvalue weighted by Crippen LogP contribution is -2.72. The molecule has 0 aliphatic rings. The van der Waals surface area contributed by atoms with Crippen molar-refractivity contribution >= 4 is 0 Å². The summed E-state index contributed by atoms with van der Waals surface area (Å²) < 4.78 is 195. The zero-order chi connectivity index (χ0) is 20.2. The highest BCUT2D eigenvalue weighted by Gasteiger charge is 2.94. The monoisotopic (exact) mass is 404 g/mol. The summed E-state index contributed by atoms with van der Waals surface area (Å²) >= 11 is 0. The number of halogens is 16. The second kappa shape index (κ2) is 5.42. The van der Waals surface area contributed by atoms with Crippen LogP contribution in [0.15, 0.2) is 0 Å². The third kappa shape index (κ3) is 2.63. The summed E-state index contributed by atoms with van der Waals surface area (Å²) in [5, 5.41) is 0. The van der Waals surface area contributed by atoms with Gasteiger partial charge in [-0.1, -0.05) is 0 Å². The van der Waals surface area contributed by atoms with E-state index in [1.54, 1.807) is 0 Å². The first-order valence-corrected chi connectivity index (χ1v) is 4.69. The molecule has 0 spiro atoms. The van der Waals surface area contributed by atoms with E-state index in [1.807, 2.05) is 0 Å². The van der Waals surface area contributed by atoms with Gasteiger partial charge in [0.25, 0.3) is 0 Å². The fourth-order valence-electron chi connectivity index (χ4n) is 1.00. The van der Waals surface area contributed by atoms with Gasteiger partial charge in [-0.3, -0.25) is 0 Å². The molecule has 0 aliphatic heterocycles. The average Bonchev–Trinajstić information content (AvgIpc) is 2.36. The molecule has 146 valence electrons. The van der Waals surface area contributed by atoms with Gasteiger partial charge in [0.05, 0.1) is 0 Å². The molecule has 0 amide bonds. The third-order valence-corrected chi connectivity index (χ3v) is 2.40. The second-order valence-electron chi connectivity index (χ2n) is 3.96. The van der Waals surface area contributed by atoms with E-state index in [1.165, 1.54) is 0 Å². The Bertz CT molecular complexity index is 460. The van der Waals surface area contributed by atoms with Crippen LogP contribution >= 0.6 is 0 Å². The highest BCUT2D eigenvalue weighted by atomic mass is 19.4. The van der Waals surface area contributed by atoms with E-state index in [4.69, 9.17) is 0 Å². The van der Waals surface area contributed by atoms with Gasteiger partial charge in [-0.05, 0) is 4.53 Å². The van der Waals surface area contributed by atoms with Crippen molar-refractivity contribution in [1.82, 2.24) is 0 Å². The Hall–Kier alpha value is -1.16. The van der Waals surface area contributed by atoms with E-state index in [9.17, 15) is 70.4 Å². The Morgan fingerprint density at radius 2 is 0.625 bits per heavy atom. The van der Waals surface area contributed by atoms with Crippen molar-refractivity contribution in [2.45, 2.75) is 41.9 Å². The van der Waals surface area contributed by atoms with Crippen molar-refractivity contribution in [3.8, 4) is 0 Å². The fourth-order valence-corrected chi connectivity index (χ4v) is 1.00. The molecule has 0 N–H and O–H groups in total. The molecule has 0 aromatic heterocycles. The molecule has 17 heteroatoms. The molecule has 0 aromatic rings. The average molecular weight is 404 g/mol. The van der Waals surface area contributed by atoms with Gasteiger partial charge in [0.1, 0.15) is 0 Å². The maximum absolute atomic E-state index is 12.7. The van der Waals surface area contributed by atoms with Crippen LogP contribution in [0.3, 0.4) is 0 Å². The smallest absolute Gasteiger partial charge is 0.192 e. The van der Waals surface area contributed by atoms with E-state index in [0.29, 0.717) is 0 Å². The Kier molecular flexibility index (Phi) is 5.16. The summed E-state index contributed by atoms with van der Waals surface area (Å²) in [6, 6.07) is 0. The number of alkyl halides is 15. The van der Waals surface area contributed by atoms with Gasteiger partial charge in [-0.15, -0.1) is 4.94 Å². The minimum atomic E-state index is -8.44. The van der Waals surface area contributed by atoms with Gasteiger partial charge in [-0.2, -0.15) is 65.9 Å². The quantitative estimate of drug-likeness (QED) is 0.552. The van der Waals surface area contributed by atoms with E-state index in [-0.39, 0.29) is 0 Å². The molecule has 0 saturated carbocycles. The van der Waals surface area contributed by atoms with Crippen LogP contribution < -0.4 is 0 Å². The summed E-state index contributed by atoms with van der Waals surface area (Å²) in [7, 11) is 0. The van der Waals surface area contributed by atoms with Crippen molar-refractivity contribution < 1.29 is 75.3 Å². The molecule has 0 bridgehead atoms. The molecular formula is C7F16O. The molecule has 0 radical (unpaired) electrons. The topological polar surface area (TPSA) is 9.23 Å². The third-order valence-electron chi connectivity index (χ3n) is 2.40. The molecular weight excluding hydrogens is 404 g/mol. The first kappa shape index (κ1) is 22.8. The highest BCUT2D eigenvalue weighted by molar-refractivity contribution is 5.11. The van der Waals surface area contributed by atoms with E-state index in [2.05, 4.69) is 0 Å². The number of rotatable bonds is 6. The zero-order valence-corrected chi connectivity index (χ0v) is 9.96. The van der Waals surface area contributed by atoms with Crippen LogP contribution in [-0.2, 0) is 4.94 Å². The van der Waals surface area contributed by atoms with Gasteiger partial charge in [0.15, 0.2) is 0 Å². The Balaban J connectivity index is 6.42. The van der Waals surface area contributed by atoms with Gasteiger partial charge in [0, 0.05) is 0 Å². The van der Waals surface area contributed by atoms with Crippen LogP contribution in [0.5, 0.6) is 0 Å². The van der Waals surface area contributed by atoms with Crippen molar-refractivity contribution in [2.75, 3.05) is 0 Å². The molecule has 0 aliphatic carbocycles. The predicted molar refractivity (Wildman–Crippen MR) is 37.9 cm³/mol. The predicted octanol–water partition coefficient (Wildman–Crippen LogP) is 5.22. The van der Waals surface area contributed by atoms with Crippen LogP contribution in [0.1, 0.15) is 0 Å². The summed E-state index contributed by atoms with van der Waals surface area (Å²) in [6.45, 7) is 0. The SMILES string of the molecule is FOC(F)(F)C(F)(F)C(F)(F)C(F)(F)C(F)(F)C(F)(F)C(F)(F)F. The van der Waals surface area contributed by atoms with Crippen LogP contribution in [0.25, 0.3) is 0 Å². The summed E-state index contributed by atoms with van der Waals surface area (Å²) in [6.07, 6.45) is -15.0. The number of hydrogen-bond acceptors (Lipinski definition) is 1. The summed E-state index contributed by atoms with van der Waals surface area (Å²) in [4.78, 5) is 0.898. The lowest BCUT2D eigenvalue weighted by Gasteiger charge is -2.40. The first-order chi connectivity index (χ1) is 10.1. The lowest BCUT2D eigenvalue weighted by atomic mass is 9.93. The van der Waals surface area contributed by atoms with Gasteiger partial charge in [-0.25, -0.2) is 0 Å². The molecule has 1 nitrogen and oxygen atoms in total. The first-order valence-electron chi connectivity index (χ1n) is 4.69. The van der Waals surface area contributed by atoms with E-state index in [0.717, 1.165) is 4.94 Å². The van der Waals surface area contributed by atoms with Crippen LogP contribution in [0, 0.1) is 0 Å². The van der Waals surface area contributed by atoms with Crippen molar-refractivity contribution in [3.63, 3.8) is 0 Å². The molecule has 0 fully saturated rings. The Morgan fingerprint density at radius 1 is 0.375 bits per heavy atom. The Morgan fingerprint density at radius 3 is 0.875 bits per heavy atom.